The van der Waals surface area contributed by atoms with Crippen LogP contribution >= 0.6 is 34.2 Å². The molecule has 0 amide bonds. The highest BCUT2D eigenvalue weighted by Gasteiger charge is 2.32. The molecule has 0 spiro atoms. The third-order valence-electron chi connectivity index (χ3n) is 4.24. The third-order valence-corrected chi connectivity index (χ3v) is 5.28. The lowest BCUT2D eigenvalue weighted by Gasteiger charge is -2.32. The molecule has 2 atom stereocenters. The Balaban J connectivity index is 1.78. The lowest BCUT2D eigenvalue weighted by molar-refractivity contribution is 0.416. The predicted octanol–water partition coefficient (Wildman–Crippen LogP) is 4.82. The molecule has 3 aromatic rings. The summed E-state index contributed by atoms with van der Waals surface area (Å²) in [4.78, 5) is 4.26. The van der Waals surface area contributed by atoms with E-state index in [9.17, 15) is 4.39 Å². The van der Waals surface area contributed by atoms with Crippen LogP contribution < -0.4 is 5.32 Å². The molecule has 1 aliphatic heterocycles. The van der Waals surface area contributed by atoms with Gasteiger partial charge in [-0.3, -0.25) is 0 Å². The number of nitrogens with zero attached hydrogens (tertiary/aromatic N) is 3. The second kappa shape index (κ2) is 6.33. The van der Waals surface area contributed by atoms with Gasteiger partial charge < -0.3 is 5.32 Å². The van der Waals surface area contributed by atoms with Crippen molar-refractivity contribution in [3.05, 3.63) is 74.3 Å². The summed E-state index contributed by atoms with van der Waals surface area (Å²) in [6.07, 6.45) is 2.11. The molecule has 0 aliphatic carbocycles. The molecule has 0 bridgehead atoms. The van der Waals surface area contributed by atoms with Crippen LogP contribution in [0.25, 0.3) is 0 Å². The van der Waals surface area contributed by atoms with E-state index in [1.807, 2.05) is 0 Å². The molecule has 4 rings (SSSR count). The van der Waals surface area contributed by atoms with Gasteiger partial charge in [0.05, 0.1) is 12.1 Å². The van der Waals surface area contributed by atoms with E-state index in [0.717, 1.165) is 5.56 Å². The number of halogens is 3. The highest BCUT2D eigenvalue weighted by molar-refractivity contribution is 14.1. The molecule has 0 fully saturated rings. The van der Waals surface area contributed by atoms with Crippen LogP contribution in [0.5, 0.6) is 0 Å². The summed E-state index contributed by atoms with van der Waals surface area (Å²) >= 11 is 8.56. The molecule has 2 unspecified atom stereocenters. The average molecular weight is 455 g/mol. The van der Waals surface area contributed by atoms with E-state index >= 15 is 0 Å². The first-order valence-corrected chi connectivity index (χ1v) is 8.94. The minimum Gasteiger partial charge on any atom is -0.348 e. The van der Waals surface area contributed by atoms with Gasteiger partial charge in [-0.25, -0.2) is 9.07 Å². The molecule has 2 heterocycles. The Bertz CT molecular complexity index is 860. The molecule has 7 heteroatoms. The van der Waals surface area contributed by atoms with Gasteiger partial charge in [0, 0.05) is 14.2 Å². The maximum absolute atomic E-state index is 14.5. The summed E-state index contributed by atoms with van der Waals surface area (Å²) in [6, 6.07) is 12.7. The van der Waals surface area contributed by atoms with Crippen LogP contribution in [0, 0.1) is 9.39 Å². The van der Waals surface area contributed by atoms with Crippen molar-refractivity contribution < 1.29 is 4.39 Å². The molecule has 24 heavy (non-hydrogen) atoms. The van der Waals surface area contributed by atoms with Crippen LogP contribution in [0.15, 0.2) is 48.8 Å². The Morgan fingerprint density at radius 2 is 2.00 bits per heavy atom. The number of aromatic nitrogens is 3. The fraction of sp³-hybridized carbons (Fsp3) is 0.176. The molecule has 2 aromatic carbocycles. The van der Waals surface area contributed by atoms with Gasteiger partial charge in [-0.15, -0.1) is 0 Å². The van der Waals surface area contributed by atoms with Crippen molar-refractivity contribution in [2.45, 2.75) is 18.5 Å². The summed E-state index contributed by atoms with van der Waals surface area (Å²) in [6.45, 7) is 0. The first-order chi connectivity index (χ1) is 11.6. The second-order valence-electron chi connectivity index (χ2n) is 5.66. The second-order valence-corrected chi connectivity index (χ2v) is 7.32. The van der Waals surface area contributed by atoms with Gasteiger partial charge in [-0.1, -0.05) is 29.8 Å². The zero-order chi connectivity index (χ0) is 16.7. The molecular weight excluding hydrogens is 442 g/mol. The maximum atomic E-state index is 14.5. The fourth-order valence-corrected chi connectivity index (χ4v) is 3.75. The minimum absolute atomic E-state index is 0.0133. The summed E-state index contributed by atoms with van der Waals surface area (Å²) in [5.74, 6) is 0.298. The maximum Gasteiger partial charge on any atom is 0.222 e. The van der Waals surface area contributed by atoms with E-state index in [1.54, 1.807) is 16.8 Å². The average Bonchev–Trinajstić information content (AvgIpc) is 3.04. The number of benzene rings is 2. The van der Waals surface area contributed by atoms with E-state index in [1.165, 1.54) is 16.0 Å². The van der Waals surface area contributed by atoms with Crippen molar-refractivity contribution in [3.8, 4) is 0 Å². The third kappa shape index (κ3) is 2.77. The summed E-state index contributed by atoms with van der Waals surface area (Å²) in [7, 11) is 0. The number of rotatable bonds is 2. The summed E-state index contributed by atoms with van der Waals surface area (Å²) in [5, 5.41) is 8.04. The largest absolute Gasteiger partial charge is 0.348 e. The van der Waals surface area contributed by atoms with Crippen molar-refractivity contribution in [2.75, 3.05) is 5.32 Å². The molecule has 1 N–H and O–H groups in total. The van der Waals surface area contributed by atoms with Crippen molar-refractivity contribution in [1.29, 1.82) is 0 Å². The number of hydrogen-bond donors (Lipinski definition) is 1. The van der Waals surface area contributed by atoms with Gasteiger partial charge in [-0.2, -0.15) is 10.1 Å². The first kappa shape index (κ1) is 15.8. The smallest absolute Gasteiger partial charge is 0.222 e. The van der Waals surface area contributed by atoms with Crippen LogP contribution in [0.3, 0.4) is 0 Å². The highest BCUT2D eigenvalue weighted by atomic mass is 127. The molecule has 122 valence electrons. The van der Waals surface area contributed by atoms with E-state index in [4.69, 9.17) is 11.6 Å². The minimum atomic E-state index is -0.322. The number of hydrogen-bond acceptors (Lipinski definition) is 3. The Morgan fingerprint density at radius 3 is 2.75 bits per heavy atom. The van der Waals surface area contributed by atoms with Crippen molar-refractivity contribution in [3.63, 3.8) is 0 Å². The Hall–Kier alpha value is -1.67. The van der Waals surface area contributed by atoms with Gasteiger partial charge in [0.2, 0.25) is 5.95 Å². The van der Waals surface area contributed by atoms with E-state index in [2.05, 4.69) is 62.3 Å². The summed E-state index contributed by atoms with van der Waals surface area (Å²) in [5.41, 5.74) is 1.59. The normalized spacial score (nSPS) is 19.6. The fourth-order valence-electron chi connectivity index (χ4n) is 3.10. The molecule has 1 aliphatic rings. The Kier molecular flexibility index (Phi) is 4.17. The van der Waals surface area contributed by atoms with E-state index in [0.29, 0.717) is 23.0 Å². The predicted molar refractivity (Wildman–Crippen MR) is 99.7 cm³/mol. The van der Waals surface area contributed by atoms with Gasteiger partial charge in [0.25, 0.3) is 0 Å². The molecule has 1 aromatic heterocycles. The standard InChI is InChI=1S/C17H13ClFIN4/c18-12-2-1-3-13(19)16(12)15-8-14(10-4-6-11(20)7-5-10)23-17-21-9-22-24(15)17/h1-7,9,14-15H,8H2,(H,21,22,23). The van der Waals surface area contributed by atoms with Gasteiger partial charge in [0.1, 0.15) is 12.1 Å². The van der Waals surface area contributed by atoms with Gasteiger partial charge in [-0.05, 0) is 58.8 Å². The Labute approximate surface area is 157 Å². The zero-order valence-electron chi connectivity index (χ0n) is 12.5. The van der Waals surface area contributed by atoms with E-state index in [-0.39, 0.29) is 17.9 Å². The monoisotopic (exact) mass is 454 g/mol. The first-order valence-electron chi connectivity index (χ1n) is 7.49. The zero-order valence-corrected chi connectivity index (χ0v) is 15.4. The summed E-state index contributed by atoms with van der Waals surface area (Å²) < 4.78 is 17.3. The SMILES string of the molecule is Fc1cccc(Cl)c1C1CC(c2ccc(I)cc2)Nc2ncnn21. The topological polar surface area (TPSA) is 42.7 Å². The van der Waals surface area contributed by atoms with Crippen molar-refractivity contribution >= 4 is 40.1 Å². The van der Waals surface area contributed by atoms with Crippen LogP contribution in [0.2, 0.25) is 5.02 Å². The van der Waals surface area contributed by atoms with E-state index < -0.39 is 0 Å². The molecule has 0 radical (unpaired) electrons. The molecular formula is C17H13ClFIN4. The molecule has 4 nitrogen and oxygen atoms in total. The van der Waals surface area contributed by atoms with Crippen LogP contribution in [-0.2, 0) is 0 Å². The Morgan fingerprint density at radius 1 is 1.21 bits per heavy atom. The van der Waals surface area contributed by atoms with Crippen LogP contribution in [-0.4, -0.2) is 14.8 Å². The lowest BCUT2D eigenvalue weighted by Crippen LogP contribution is -2.28. The van der Waals surface area contributed by atoms with Crippen LogP contribution in [0.1, 0.15) is 29.6 Å². The highest BCUT2D eigenvalue weighted by Crippen LogP contribution is 2.40. The van der Waals surface area contributed by atoms with Crippen molar-refractivity contribution in [2.24, 2.45) is 0 Å². The quantitative estimate of drug-likeness (QED) is 0.565. The molecule has 0 saturated heterocycles. The van der Waals surface area contributed by atoms with Gasteiger partial charge in [0.15, 0.2) is 0 Å². The number of anilines is 1. The van der Waals surface area contributed by atoms with Crippen molar-refractivity contribution in [1.82, 2.24) is 14.8 Å². The number of fused-ring (bicyclic) bond motifs is 1. The van der Waals surface area contributed by atoms with Gasteiger partial charge >= 0.3 is 0 Å². The van der Waals surface area contributed by atoms with Crippen LogP contribution in [0.4, 0.5) is 10.3 Å². The number of nitrogens with one attached hydrogen (secondary N) is 1. The lowest BCUT2D eigenvalue weighted by atomic mass is 9.93. The molecule has 0 saturated carbocycles.